The van der Waals surface area contributed by atoms with E-state index in [1.54, 1.807) is 6.07 Å². The Morgan fingerprint density at radius 2 is 1.56 bits per heavy atom. The number of rotatable bonds is 3. The van der Waals surface area contributed by atoms with E-state index in [-0.39, 0.29) is 0 Å². The predicted octanol–water partition coefficient (Wildman–Crippen LogP) is 4.19. The van der Waals surface area contributed by atoms with Crippen LogP contribution in [0.5, 0.6) is 0 Å². The van der Waals surface area contributed by atoms with E-state index in [4.69, 9.17) is 0 Å². The third-order valence-electron chi connectivity index (χ3n) is 2.70. The third-order valence-corrected chi connectivity index (χ3v) is 2.70. The number of nitrogens with one attached hydrogen (secondary N) is 1. The van der Waals surface area contributed by atoms with Crippen molar-refractivity contribution < 1.29 is 8.78 Å². The fraction of sp³-hybridized carbons (Fsp3) is 0.200. The summed E-state index contributed by atoms with van der Waals surface area (Å²) in [7, 11) is 0. The molecule has 0 radical (unpaired) electrons. The van der Waals surface area contributed by atoms with Gasteiger partial charge in [0.25, 0.3) is 0 Å². The van der Waals surface area contributed by atoms with Crippen molar-refractivity contribution in [1.82, 2.24) is 0 Å². The van der Waals surface area contributed by atoms with Crippen LogP contribution in [0.15, 0.2) is 36.4 Å². The number of aryl methyl sites for hydroxylation is 2. The lowest BCUT2D eigenvalue weighted by Gasteiger charge is -2.09. The summed E-state index contributed by atoms with van der Waals surface area (Å²) in [5, 5.41) is 3.20. The van der Waals surface area contributed by atoms with E-state index in [1.807, 2.05) is 26.0 Å². The SMILES string of the molecule is Cc1cc(C)cc(NCc2ccc(F)c(F)c2)c1. The molecule has 3 heteroatoms. The highest BCUT2D eigenvalue weighted by Crippen LogP contribution is 2.15. The van der Waals surface area contributed by atoms with Crippen LogP contribution in [0.4, 0.5) is 14.5 Å². The zero-order chi connectivity index (χ0) is 13.1. The topological polar surface area (TPSA) is 12.0 Å². The Morgan fingerprint density at radius 1 is 0.889 bits per heavy atom. The molecule has 0 bridgehead atoms. The van der Waals surface area contributed by atoms with Crippen LogP contribution in [0.2, 0.25) is 0 Å². The molecule has 1 nitrogen and oxygen atoms in total. The molecule has 0 unspecified atom stereocenters. The first-order chi connectivity index (χ1) is 8.54. The minimum absolute atomic E-state index is 0.472. The zero-order valence-electron chi connectivity index (χ0n) is 10.4. The van der Waals surface area contributed by atoms with Gasteiger partial charge in [-0.05, 0) is 54.8 Å². The average Bonchev–Trinajstić information content (AvgIpc) is 2.29. The van der Waals surface area contributed by atoms with Gasteiger partial charge in [0.15, 0.2) is 11.6 Å². The molecule has 18 heavy (non-hydrogen) atoms. The van der Waals surface area contributed by atoms with Gasteiger partial charge in [-0.1, -0.05) is 12.1 Å². The number of benzene rings is 2. The first-order valence-corrected chi connectivity index (χ1v) is 5.81. The molecule has 0 atom stereocenters. The minimum atomic E-state index is -0.815. The van der Waals surface area contributed by atoms with Gasteiger partial charge in [0.05, 0.1) is 0 Å². The molecule has 2 rings (SSSR count). The van der Waals surface area contributed by atoms with Crippen LogP contribution in [0, 0.1) is 25.5 Å². The summed E-state index contributed by atoms with van der Waals surface area (Å²) in [5.41, 5.74) is 4.04. The molecule has 94 valence electrons. The monoisotopic (exact) mass is 247 g/mol. The van der Waals surface area contributed by atoms with Gasteiger partial charge in [-0.3, -0.25) is 0 Å². The molecule has 0 spiro atoms. The Kier molecular flexibility index (Phi) is 3.60. The lowest BCUT2D eigenvalue weighted by Crippen LogP contribution is -2.01. The summed E-state index contributed by atoms with van der Waals surface area (Å²) in [5.74, 6) is -1.63. The summed E-state index contributed by atoms with van der Waals surface area (Å²) in [6.07, 6.45) is 0. The van der Waals surface area contributed by atoms with Crippen LogP contribution in [0.1, 0.15) is 16.7 Å². The van der Waals surface area contributed by atoms with E-state index in [1.165, 1.54) is 17.2 Å². The van der Waals surface area contributed by atoms with E-state index in [0.29, 0.717) is 12.1 Å². The van der Waals surface area contributed by atoms with Gasteiger partial charge in [-0.25, -0.2) is 8.78 Å². The van der Waals surface area contributed by atoms with Gasteiger partial charge in [-0.2, -0.15) is 0 Å². The predicted molar refractivity (Wildman–Crippen MR) is 69.6 cm³/mol. The number of halogens is 2. The number of hydrogen-bond acceptors (Lipinski definition) is 1. The lowest BCUT2D eigenvalue weighted by molar-refractivity contribution is 0.507. The molecule has 0 saturated heterocycles. The third kappa shape index (κ3) is 3.06. The molecule has 0 heterocycles. The highest BCUT2D eigenvalue weighted by molar-refractivity contribution is 5.48. The largest absolute Gasteiger partial charge is 0.381 e. The van der Waals surface area contributed by atoms with Gasteiger partial charge < -0.3 is 5.32 Å². The van der Waals surface area contributed by atoms with Gasteiger partial charge >= 0.3 is 0 Å². The standard InChI is InChI=1S/C15H15F2N/c1-10-5-11(2)7-13(6-10)18-9-12-3-4-14(16)15(17)8-12/h3-8,18H,9H2,1-2H3. The van der Waals surface area contributed by atoms with Crippen molar-refractivity contribution in [2.24, 2.45) is 0 Å². The maximum Gasteiger partial charge on any atom is 0.159 e. The van der Waals surface area contributed by atoms with Gasteiger partial charge in [0.1, 0.15) is 0 Å². The maximum absolute atomic E-state index is 13.0. The van der Waals surface area contributed by atoms with Crippen LogP contribution in [0.25, 0.3) is 0 Å². The summed E-state index contributed by atoms with van der Waals surface area (Å²) in [6, 6.07) is 10.1. The van der Waals surface area contributed by atoms with Gasteiger partial charge in [-0.15, -0.1) is 0 Å². The molecular weight excluding hydrogens is 232 g/mol. The smallest absolute Gasteiger partial charge is 0.159 e. The average molecular weight is 247 g/mol. The molecule has 0 aliphatic rings. The van der Waals surface area contributed by atoms with E-state index >= 15 is 0 Å². The van der Waals surface area contributed by atoms with Gasteiger partial charge in [0, 0.05) is 12.2 Å². The summed E-state index contributed by atoms with van der Waals surface area (Å²) < 4.78 is 25.8. The maximum atomic E-state index is 13.0. The molecule has 0 amide bonds. The van der Waals surface area contributed by atoms with E-state index in [9.17, 15) is 8.78 Å². The van der Waals surface area contributed by atoms with Crippen LogP contribution in [0.3, 0.4) is 0 Å². The van der Waals surface area contributed by atoms with Gasteiger partial charge in [0.2, 0.25) is 0 Å². The second kappa shape index (κ2) is 5.17. The van der Waals surface area contributed by atoms with Crippen molar-refractivity contribution in [3.63, 3.8) is 0 Å². The molecule has 0 aliphatic carbocycles. The van der Waals surface area contributed by atoms with E-state index in [0.717, 1.165) is 11.8 Å². The molecule has 2 aromatic carbocycles. The van der Waals surface area contributed by atoms with Crippen molar-refractivity contribution >= 4 is 5.69 Å². The Balaban J connectivity index is 2.08. The molecule has 0 fully saturated rings. The first kappa shape index (κ1) is 12.6. The Bertz CT molecular complexity index is 544. The van der Waals surface area contributed by atoms with Crippen LogP contribution in [-0.4, -0.2) is 0 Å². The molecule has 1 N–H and O–H groups in total. The van der Waals surface area contributed by atoms with Crippen LogP contribution in [-0.2, 0) is 6.54 Å². The lowest BCUT2D eigenvalue weighted by atomic mass is 10.1. The summed E-state index contributed by atoms with van der Waals surface area (Å²) in [6.45, 7) is 4.52. The van der Waals surface area contributed by atoms with Crippen molar-refractivity contribution in [3.8, 4) is 0 Å². The fourth-order valence-electron chi connectivity index (χ4n) is 1.93. The molecule has 0 aromatic heterocycles. The number of hydrogen-bond donors (Lipinski definition) is 1. The summed E-state index contributed by atoms with van der Waals surface area (Å²) >= 11 is 0. The first-order valence-electron chi connectivity index (χ1n) is 5.81. The molecular formula is C15H15F2N. The molecule has 0 aliphatic heterocycles. The van der Waals surface area contributed by atoms with Crippen molar-refractivity contribution in [2.45, 2.75) is 20.4 Å². The van der Waals surface area contributed by atoms with Crippen molar-refractivity contribution in [2.75, 3.05) is 5.32 Å². The summed E-state index contributed by atoms with van der Waals surface area (Å²) in [4.78, 5) is 0. The Hall–Kier alpha value is -1.90. The van der Waals surface area contributed by atoms with Crippen molar-refractivity contribution in [1.29, 1.82) is 0 Å². The number of anilines is 1. The second-order valence-electron chi connectivity index (χ2n) is 4.48. The molecule has 0 saturated carbocycles. The van der Waals surface area contributed by atoms with E-state index in [2.05, 4.69) is 11.4 Å². The minimum Gasteiger partial charge on any atom is -0.381 e. The zero-order valence-corrected chi connectivity index (χ0v) is 10.4. The Morgan fingerprint density at radius 3 is 2.17 bits per heavy atom. The highest BCUT2D eigenvalue weighted by Gasteiger charge is 2.02. The Labute approximate surface area is 105 Å². The normalized spacial score (nSPS) is 10.4. The van der Waals surface area contributed by atoms with Crippen molar-refractivity contribution in [3.05, 3.63) is 64.7 Å². The second-order valence-corrected chi connectivity index (χ2v) is 4.48. The molecule has 2 aromatic rings. The fourth-order valence-corrected chi connectivity index (χ4v) is 1.93. The van der Waals surface area contributed by atoms with Crippen LogP contribution >= 0.6 is 0 Å². The quantitative estimate of drug-likeness (QED) is 0.857. The van der Waals surface area contributed by atoms with E-state index < -0.39 is 11.6 Å². The highest BCUT2D eigenvalue weighted by atomic mass is 19.2. The van der Waals surface area contributed by atoms with Crippen LogP contribution < -0.4 is 5.32 Å².